The van der Waals surface area contributed by atoms with Gasteiger partial charge in [-0.25, -0.2) is 15.8 Å². The number of hydrazine groups is 1. The summed E-state index contributed by atoms with van der Waals surface area (Å²) in [5, 5.41) is 12.4. The van der Waals surface area contributed by atoms with Gasteiger partial charge in [-0.05, 0) is 48.6 Å². The number of carbonyl (C=O) groups excluding carboxylic acids is 1. The van der Waals surface area contributed by atoms with Crippen LogP contribution in [0.2, 0.25) is 0 Å². The molecule has 8 nitrogen and oxygen atoms in total. The number of benzene rings is 2. The molecule has 0 bridgehead atoms. The number of carboxylic acids is 1. The van der Waals surface area contributed by atoms with E-state index in [0.717, 1.165) is 11.1 Å². The molecule has 0 aliphatic carbocycles. The normalized spacial score (nSPS) is 12.0. The van der Waals surface area contributed by atoms with Crippen molar-refractivity contribution in [3.05, 3.63) is 59.4 Å². The lowest BCUT2D eigenvalue weighted by Gasteiger charge is -2.13. The van der Waals surface area contributed by atoms with Crippen molar-refractivity contribution >= 4 is 17.7 Å². The molecular weight excluding hydrogens is 401 g/mol. The van der Waals surface area contributed by atoms with Crippen LogP contribution in [0.1, 0.15) is 42.6 Å². The number of amidine groups is 1. The van der Waals surface area contributed by atoms with Crippen molar-refractivity contribution < 1.29 is 19.1 Å². The molecule has 1 amide bonds. The van der Waals surface area contributed by atoms with Crippen LogP contribution in [0.15, 0.2) is 47.6 Å². The van der Waals surface area contributed by atoms with E-state index in [-0.39, 0.29) is 18.1 Å². The second-order valence-electron chi connectivity index (χ2n) is 7.53. The molecule has 0 aromatic heterocycles. The summed E-state index contributed by atoms with van der Waals surface area (Å²) in [5.41, 5.74) is 15.2. The van der Waals surface area contributed by atoms with E-state index in [2.05, 4.69) is 5.10 Å². The molecule has 0 radical (unpaired) electrons. The van der Waals surface area contributed by atoms with E-state index in [0.29, 0.717) is 23.5 Å². The van der Waals surface area contributed by atoms with E-state index in [4.69, 9.17) is 22.4 Å². The van der Waals surface area contributed by atoms with E-state index in [1.165, 1.54) is 6.07 Å². The maximum atomic E-state index is 13.7. The van der Waals surface area contributed by atoms with Gasteiger partial charge in [-0.1, -0.05) is 38.1 Å². The Morgan fingerprint density at radius 1 is 1.13 bits per heavy atom. The zero-order valence-electron chi connectivity index (χ0n) is 17.9. The van der Waals surface area contributed by atoms with E-state index in [1.54, 1.807) is 30.3 Å². The van der Waals surface area contributed by atoms with E-state index >= 15 is 0 Å². The van der Waals surface area contributed by atoms with Gasteiger partial charge in [-0.15, -0.1) is 0 Å². The molecule has 0 fully saturated rings. The summed E-state index contributed by atoms with van der Waals surface area (Å²) in [6.45, 7) is 5.76. The molecule has 9 heteroatoms. The third-order valence-corrected chi connectivity index (χ3v) is 4.37. The first-order chi connectivity index (χ1) is 14.5. The highest BCUT2D eigenvalue weighted by Gasteiger charge is 2.20. The molecule has 1 atom stereocenters. The number of aryl methyl sites for hydroxylation is 1. The first-order valence-corrected chi connectivity index (χ1v) is 9.72. The molecule has 31 heavy (non-hydrogen) atoms. The third kappa shape index (κ3) is 8.83. The number of aliphatic carboxylic acids is 1. The maximum absolute atomic E-state index is 13.7. The highest BCUT2D eigenvalue weighted by Crippen LogP contribution is 2.23. The van der Waals surface area contributed by atoms with Gasteiger partial charge in [0.2, 0.25) is 5.91 Å². The summed E-state index contributed by atoms with van der Waals surface area (Å²) in [6.07, 6.45) is 0.799. The first kappa shape index (κ1) is 25.6. The predicted octanol–water partition coefficient (Wildman–Crippen LogP) is 2.76. The number of rotatable bonds is 8. The minimum absolute atomic E-state index is 0.209. The van der Waals surface area contributed by atoms with Crippen LogP contribution < -0.4 is 22.8 Å². The van der Waals surface area contributed by atoms with Crippen LogP contribution in [0.25, 0.3) is 11.1 Å². The number of amides is 1. The van der Waals surface area contributed by atoms with E-state index < -0.39 is 17.8 Å². The monoisotopic (exact) mass is 431 g/mol. The number of hydrogen-bond acceptors (Lipinski definition) is 5. The van der Waals surface area contributed by atoms with Gasteiger partial charge in [0.15, 0.2) is 0 Å². The molecule has 0 saturated carbocycles. The lowest BCUT2D eigenvalue weighted by Crippen LogP contribution is -2.27. The van der Waals surface area contributed by atoms with Gasteiger partial charge in [0, 0.05) is 17.5 Å². The Labute approximate surface area is 181 Å². The van der Waals surface area contributed by atoms with Gasteiger partial charge in [0.25, 0.3) is 0 Å². The molecule has 0 saturated heterocycles. The molecular formula is C22H30FN5O3. The van der Waals surface area contributed by atoms with Crippen LogP contribution in [0.5, 0.6) is 0 Å². The van der Waals surface area contributed by atoms with Gasteiger partial charge in [-0.2, -0.15) is 5.10 Å². The van der Waals surface area contributed by atoms with Crippen molar-refractivity contribution in [2.45, 2.75) is 33.6 Å². The van der Waals surface area contributed by atoms with Crippen LogP contribution >= 0.6 is 0 Å². The second-order valence-corrected chi connectivity index (χ2v) is 7.53. The number of primary amides is 1. The third-order valence-electron chi connectivity index (χ3n) is 4.37. The number of hydrogen-bond donors (Lipinski definition) is 5. The van der Waals surface area contributed by atoms with Crippen LogP contribution in [-0.2, 0) is 4.79 Å². The molecule has 8 N–H and O–H groups in total. The van der Waals surface area contributed by atoms with Gasteiger partial charge in [0.05, 0.1) is 5.92 Å². The van der Waals surface area contributed by atoms with Gasteiger partial charge in [-0.3, -0.25) is 9.59 Å². The fourth-order valence-corrected chi connectivity index (χ4v) is 2.89. The number of nitrogens with two attached hydrogens (primary N) is 3. The maximum Gasteiger partial charge on any atom is 0.306 e. The molecule has 0 aliphatic heterocycles. The summed E-state index contributed by atoms with van der Waals surface area (Å²) in [4.78, 5) is 21.7. The van der Waals surface area contributed by atoms with Crippen LogP contribution in [0.4, 0.5) is 4.39 Å². The zero-order valence-corrected chi connectivity index (χ0v) is 17.9. The largest absolute Gasteiger partial charge is 0.481 e. The van der Waals surface area contributed by atoms with Crippen LogP contribution in [0, 0.1) is 24.6 Å². The topological polar surface area (TPSA) is 157 Å². The fourth-order valence-electron chi connectivity index (χ4n) is 2.89. The van der Waals surface area contributed by atoms with Gasteiger partial charge < -0.3 is 16.6 Å². The molecule has 0 heterocycles. The van der Waals surface area contributed by atoms with Gasteiger partial charge >= 0.3 is 5.97 Å². The number of carboxylic acid groups (broad SMARTS) is 1. The molecule has 1 unspecified atom stereocenters. The molecule has 168 valence electrons. The highest BCUT2D eigenvalue weighted by molar-refractivity contribution is 5.93. The minimum atomic E-state index is -0.853. The van der Waals surface area contributed by atoms with Crippen molar-refractivity contribution in [1.82, 2.24) is 5.53 Å². The Balaban J connectivity index is 0.000000318. The summed E-state index contributed by atoms with van der Waals surface area (Å²) in [6, 6.07) is 11.6. The van der Waals surface area contributed by atoms with Crippen molar-refractivity contribution in [3.8, 4) is 11.1 Å². The van der Waals surface area contributed by atoms with Gasteiger partial charge in [0.1, 0.15) is 11.7 Å². The molecule has 2 aromatic carbocycles. The molecule has 2 aromatic rings. The highest BCUT2D eigenvalue weighted by atomic mass is 19.1. The predicted molar refractivity (Wildman–Crippen MR) is 119 cm³/mol. The Hall–Kier alpha value is -3.46. The standard InChI is InChI=1S/C14H12FNO.C8H18N4O2/c1-9-2-7-12(13(15)8-9)10-3-5-11(6-4-10)14(16)17;1-5(2)3-6(8(13)14)4-7(9)11-12-10/h2-8H,1H3,(H2,16,17);5-6,12H,3-4,10H2,1-2H3,(H2,9,11)(H,13,14). The van der Waals surface area contributed by atoms with Crippen LogP contribution in [0.3, 0.4) is 0 Å². The average Bonchev–Trinajstić information content (AvgIpc) is 2.68. The van der Waals surface area contributed by atoms with Crippen molar-refractivity contribution in [1.29, 1.82) is 0 Å². The SMILES string of the molecule is CC(C)CC(C/C(N)=N/NN)C(=O)O.Cc1ccc(-c2ccc(C(N)=O)cc2)c(F)c1. The Kier molecular flexibility index (Phi) is 10.1. The number of carbonyl (C=O) groups is 2. The summed E-state index contributed by atoms with van der Waals surface area (Å²) >= 11 is 0. The summed E-state index contributed by atoms with van der Waals surface area (Å²) < 4.78 is 13.7. The van der Waals surface area contributed by atoms with Crippen LogP contribution in [-0.4, -0.2) is 22.8 Å². The lowest BCUT2D eigenvalue weighted by atomic mass is 9.94. The Morgan fingerprint density at radius 3 is 2.19 bits per heavy atom. The Morgan fingerprint density at radius 2 is 1.74 bits per heavy atom. The van der Waals surface area contributed by atoms with Crippen molar-refractivity contribution in [2.75, 3.05) is 0 Å². The number of nitrogens with zero attached hydrogens (tertiary/aromatic N) is 1. The van der Waals surface area contributed by atoms with E-state index in [1.807, 2.05) is 32.4 Å². The molecule has 0 aliphatic rings. The number of nitrogens with one attached hydrogen (secondary N) is 1. The van der Waals surface area contributed by atoms with Crippen molar-refractivity contribution in [3.63, 3.8) is 0 Å². The summed E-state index contributed by atoms with van der Waals surface area (Å²) in [5.74, 6) is 3.34. The van der Waals surface area contributed by atoms with E-state index in [9.17, 15) is 14.0 Å². The minimum Gasteiger partial charge on any atom is -0.481 e. The average molecular weight is 432 g/mol. The first-order valence-electron chi connectivity index (χ1n) is 9.72. The quantitative estimate of drug-likeness (QED) is 0.187. The number of hydrazone groups is 1. The second kappa shape index (κ2) is 12.3. The molecule has 2 rings (SSSR count). The summed E-state index contributed by atoms with van der Waals surface area (Å²) in [7, 11) is 0. The zero-order chi connectivity index (χ0) is 23.6. The number of halogens is 1. The fraction of sp³-hybridized carbons (Fsp3) is 0.318. The van der Waals surface area contributed by atoms with Crippen molar-refractivity contribution in [2.24, 2.45) is 34.2 Å². The smallest absolute Gasteiger partial charge is 0.306 e. The molecule has 0 spiro atoms. The Bertz CT molecular complexity index is 914. The lowest BCUT2D eigenvalue weighted by molar-refractivity contribution is -0.142.